The van der Waals surface area contributed by atoms with E-state index in [1.807, 2.05) is 30.7 Å². The Morgan fingerprint density at radius 1 is 1.29 bits per heavy atom. The minimum Gasteiger partial charge on any atom is -0.464 e. The fraction of sp³-hybridized carbons (Fsp3) is 0.467. The zero-order valence-corrected chi connectivity index (χ0v) is 27.7. The Morgan fingerprint density at radius 2 is 2.09 bits per heavy atom. The van der Waals surface area contributed by atoms with E-state index in [0.717, 1.165) is 5.56 Å². The quantitative estimate of drug-likeness (QED) is 0.123. The van der Waals surface area contributed by atoms with Crippen molar-refractivity contribution in [3.05, 3.63) is 50.6 Å². The van der Waals surface area contributed by atoms with Crippen LogP contribution in [0.15, 0.2) is 34.0 Å². The molecule has 1 unspecified atom stereocenters. The van der Waals surface area contributed by atoms with Crippen molar-refractivity contribution in [2.45, 2.75) is 71.1 Å². The summed E-state index contributed by atoms with van der Waals surface area (Å²) in [6.45, 7) is 8.65. The third-order valence-electron chi connectivity index (χ3n) is 7.49. The summed E-state index contributed by atoms with van der Waals surface area (Å²) in [4.78, 5) is 43.8. The van der Waals surface area contributed by atoms with Gasteiger partial charge in [-0.1, -0.05) is 5.92 Å². The van der Waals surface area contributed by atoms with Crippen LogP contribution in [0.4, 0.5) is 5.82 Å². The van der Waals surface area contributed by atoms with Crippen molar-refractivity contribution in [3.63, 3.8) is 0 Å². The number of rotatable bonds is 12. The number of fused-ring (bicyclic) bond motifs is 1. The summed E-state index contributed by atoms with van der Waals surface area (Å²) in [5.41, 5.74) is 0.893. The highest BCUT2D eigenvalue weighted by atomic mass is 35.5. The fourth-order valence-electron chi connectivity index (χ4n) is 5.28. The highest BCUT2D eigenvalue weighted by molar-refractivity contribution is 7.08. The van der Waals surface area contributed by atoms with Crippen molar-refractivity contribution in [1.82, 2.24) is 24.5 Å². The van der Waals surface area contributed by atoms with Crippen LogP contribution in [0.2, 0.25) is 5.28 Å². The first-order valence-electron chi connectivity index (χ1n) is 14.2. The molecule has 5 atom stereocenters. The average Bonchev–Trinajstić information content (AvgIpc) is 3.80. The molecule has 45 heavy (non-hydrogen) atoms. The third-order valence-corrected chi connectivity index (χ3v) is 8.97. The summed E-state index contributed by atoms with van der Waals surface area (Å²) in [5, 5.41) is 8.83. The molecular formula is C30H33ClN6O6S2. The molecule has 4 aromatic rings. The second-order valence-corrected chi connectivity index (χ2v) is 12.8. The number of terminal acetylenes is 1. The molecule has 1 aliphatic heterocycles. The van der Waals surface area contributed by atoms with Crippen LogP contribution in [-0.2, 0) is 40.6 Å². The Bertz CT molecular complexity index is 1690. The van der Waals surface area contributed by atoms with Gasteiger partial charge in [-0.2, -0.15) is 21.3 Å². The lowest BCUT2D eigenvalue weighted by molar-refractivity contribution is -0.182. The van der Waals surface area contributed by atoms with E-state index in [1.165, 1.54) is 35.9 Å². The third kappa shape index (κ3) is 6.41. The van der Waals surface area contributed by atoms with Crippen LogP contribution in [0, 0.1) is 17.8 Å². The van der Waals surface area contributed by atoms with Gasteiger partial charge in [-0.25, -0.2) is 14.8 Å². The van der Waals surface area contributed by atoms with Crippen molar-refractivity contribution in [2.75, 3.05) is 18.5 Å². The maximum atomic E-state index is 13.7. The normalized spacial score (nSPS) is 22.7. The number of imidazole rings is 1. The van der Waals surface area contributed by atoms with Gasteiger partial charge in [0.1, 0.15) is 6.10 Å². The molecule has 5 heterocycles. The molecular weight excluding hydrogens is 640 g/mol. The van der Waals surface area contributed by atoms with Crippen molar-refractivity contribution in [1.29, 1.82) is 0 Å². The van der Waals surface area contributed by atoms with Gasteiger partial charge in [-0.05, 0) is 61.7 Å². The minimum absolute atomic E-state index is 0.00931. The first-order valence-corrected chi connectivity index (χ1v) is 16.5. The molecule has 5 rings (SSSR count). The number of thiazole rings is 1. The number of hydrogen-bond donors (Lipinski definition) is 1. The maximum absolute atomic E-state index is 13.7. The van der Waals surface area contributed by atoms with Gasteiger partial charge >= 0.3 is 11.9 Å². The molecule has 238 valence electrons. The summed E-state index contributed by atoms with van der Waals surface area (Å²) >= 11 is 9.14. The molecule has 0 spiro atoms. The standard InChI is InChI=1S/C30H33ClN6O6S2/c1-7-29(6)21(12-41-30(27(39)40-8-2,20-14-45-16-33-20)11-19-9-10-44-13-19)43-26(23(29)42-18(5)38)37-15-32-22-24(34-17(3)4)35-28(31)36-25(22)37/h1,9-10,13-17,21,23,26H,8,11-12H2,2-6H3,(H,34,35,36)/t21-,23+,26-,29+,30?/m1/s1. The molecule has 1 fully saturated rings. The Morgan fingerprint density at radius 3 is 2.71 bits per heavy atom. The molecule has 15 heteroatoms. The number of ether oxygens (including phenoxy) is 4. The van der Waals surface area contributed by atoms with E-state index in [2.05, 4.69) is 31.2 Å². The van der Waals surface area contributed by atoms with Crippen molar-refractivity contribution in [3.8, 4) is 12.3 Å². The zero-order chi connectivity index (χ0) is 32.4. The largest absolute Gasteiger partial charge is 0.464 e. The molecule has 0 amide bonds. The van der Waals surface area contributed by atoms with Crippen LogP contribution in [0.3, 0.4) is 0 Å². The SMILES string of the molecule is C#C[C@@]1(C)[C@@H](COC(Cc2ccsc2)(C(=O)OCC)c2cscn2)O[C@@H](n2cnc3c(NC(C)C)nc(Cl)nc32)[C@@H]1OC(C)=O. The summed E-state index contributed by atoms with van der Waals surface area (Å²) in [6, 6.07) is 1.96. The summed E-state index contributed by atoms with van der Waals surface area (Å²) in [6.07, 6.45) is 5.00. The van der Waals surface area contributed by atoms with E-state index in [4.69, 9.17) is 37.0 Å². The topological polar surface area (TPSA) is 140 Å². The second-order valence-electron chi connectivity index (χ2n) is 11.0. The van der Waals surface area contributed by atoms with Gasteiger partial charge in [0.25, 0.3) is 0 Å². The van der Waals surface area contributed by atoms with Gasteiger partial charge in [0.2, 0.25) is 10.9 Å². The van der Waals surface area contributed by atoms with Crippen LogP contribution in [-0.4, -0.2) is 67.9 Å². The average molecular weight is 673 g/mol. The van der Waals surface area contributed by atoms with Gasteiger partial charge in [-0.15, -0.1) is 17.8 Å². The number of esters is 2. The van der Waals surface area contributed by atoms with E-state index in [0.29, 0.717) is 22.7 Å². The summed E-state index contributed by atoms with van der Waals surface area (Å²) in [7, 11) is 0. The smallest absolute Gasteiger partial charge is 0.345 e. The Balaban J connectivity index is 1.55. The van der Waals surface area contributed by atoms with Crippen LogP contribution < -0.4 is 5.32 Å². The van der Waals surface area contributed by atoms with E-state index in [9.17, 15) is 9.59 Å². The molecule has 1 N–H and O–H groups in total. The maximum Gasteiger partial charge on any atom is 0.345 e. The van der Waals surface area contributed by atoms with Crippen LogP contribution in [0.25, 0.3) is 11.2 Å². The number of thiophene rings is 1. The molecule has 0 bridgehead atoms. The Labute approximate surface area is 273 Å². The Kier molecular flexibility index (Phi) is 9.76. The van der Waals surface area contributed by atoms with E-state index < -0.39 is 41.4 Å². The number of nitrogens with one attached hydrogen (secondary N) is 1. The molecule has 0 aliphatic carbocycles. The zero-order valence-electron chi connectivity index (χ0n) is 25.4. The van der Waals surface area contributed by atoms with Gasteiger partial charge in [0.05, 0.1) is 36.2 Å². The molecule has 0 saturated carbocycles. The lowest BCUT2D eigenvalue weighted by Crippen LogP contribution is -2.47. The van der Waals surface area contributed by atoms with Crippen molar-refractivity contribution in [2.24, 2.45) is 5.41 Å². The lowest BCUT2D eigenvalue weighted by atomic mass is 9.81. The highest BCUT2D eigenvalue weighted by Gasteiger charge is 2.57. The summed E-state index contributed by atoms with van der Waals surface area (Å²) in [5.74, 6) is 2.08. The first-order chi connectivity index (χ1) is 21.5. The molecule has 0 radical (unpaired) electrons. The monoisotopic (exact) mass is 672 g/mol. The summed E-state index contributed by atoms with van der Waals surface area (Å²) < 4.78 is 26.1. The second kappa shape index (κ2) is 13.4. The van der Waals surface area contributed by atoms with Crippen LogP contribution >= 0.6 is 34.3 Å². The number of aromatic nitrogens is 5. The van der Waals surface area contributed by atoms with Crippen LogP contribution in [0.1, 0.15) is 52.1 Å². The van der Waals surface area contributed by atoms with E-state index >= 15 is 0 Å². The van der Waals surface area contributed by atoms with Crippen molar-refractivity contribution < 1.29 is 28.5 Å². The molecule has 1 aliphatic rings. The number of carbonyl (C=O) groups excluding carboxylic acids is 2. The van der Waals surface area contributed by atoms with Gasteiger partial charge in [0, 0.05) is 24.8 Å². The molecule has 1 saturated heterocycles. The number of halogens is 1. The number of carbonyl (C=O) groups is 2. The molecule has 0 aromatic carbocycles. The predicted molar refractivity (Wildman–Crippen MR) is 170 cm³/mol. The number of nitrogens with zero attached hydrogens (tertiary/aromatic N) is 5. The predicted octanol–water partition coefficient (Wildman–Crippen LogP) is 5.00. The number of hydrogen-bond acceptors (Lipinski definition) is 13. The van der Waals surface area contributed by atoms with Gasteiger partial charge in [0.15, 0.2) is 29.3 Å². The fourth-order valence-corrected chi connectivity index (χ4v) is 6.73. The van der Waals surface area contributed by atoms with Crippen molar-refractivity contribution >= 4 is 63.2 Å². The molecule has 4 aromatic heterocycles. The Hall–Kier alpha value is -3.61. The lowest BCUT2D eigenvalue weighted by Gasteiger charge is -2.34. The van der Waals surface area contributed by atoms with E-state index in [-0.39, 0.29) is 31.0 Å². The first kappa shape index (κ1) is 32.8. The van der Waals surface area contributed by atoms with E-state index in [1.54, 1.807) is 29.3 Å². The highest BCUT2D eigenvalue weighted by Crippen LogP contribution is 2.47. The van der Waals surface area contributed by atoms with Gasteiger partial charge in [-0.3, -0.25) is 9.36 Å². The minimum atomic E-state index is -1.59. The van der Waals surface area contributed by atoms with Crippen LogP contribution in [0.5, 0.6) is 0 Å². The molecule has 12 nitrogen and oxygen atoms in total. The number of anilines is 1. The van der Waals surface area contributed by atoms with Gasteiger partial charge < -0.3 is 24.3 Å².